The van der Waals surface area contributed by atoms with E-state index in [4.69, 9.17) is 0 Å². The van der Waals surface area contributed by atoms with Crippen LogP contribution in [0.1, 0.15) is 32.3 Å². The van der Waals surface area contributed by atoms with Gasteiger partial charge in [0.15, 0.2) is 0 Å². The lowest BCUT2D eigenvalue weighted by molar-refractivity contribution is 0.0898. The number of nitrogens with zero attached hydrogens (tertiary/aromatic N) is 1. The molecule has 1 atom stereocenters. The van der Waals surface area contributed by atoms with Crippen LogP contribution in [0.5, 0.6) is 0 Å². The van der Waals surface area contributed by atoms with Gasteiger partial charge in [0.1, 0.15) is 0 Å². The first-order chi connectivity index (χ1) is 9.15. The summed E-state index contributed by atoms with van der Waals surface area (Å²) >= 11 is 0. The van der Waals surface area contributed by atoms with Crippen molar-refractivity contribution in [3.8, 4) is 0 Å². The molecule has 1 fully saturated rings. The Labute approximate surface area is 116 Å². The molecule has 1 saturated carbocycles. The highest BCUT2D eigenvalue weighted by Crippen LogP contribution is 2.18. The Hall–Kier alpha value is -0.900. The van der Waals surface area contributed by atoms with Gasteiger partial charge < -0.3 is 10.4 Å². The zero-order chi connectivity index (χ0) is 13.7. The van der Waals surface area contributed by atoms with Crippen LogP contribution in [0.15, 0.2) is 30.3 Å². The molecule has 1 aliphatic rings. The molecule has 1 aromatic carbocycles. The summed E-state index contributed by atoms with van der Waals surface area (Å²) in [5.41, 5.74) is 1.30. The van der Waals surface area contributed by atoms with Gasteiger partial charge in [0.05, 0.1) is 6.10 Å². The van der Waals surface area contributed by atoms with Crippen molar-refractivity contribution in [2.45, 2.75) is 51.4 Å². The Morgan fingerprint density at radius 2 is 1.95 bits per heavy atom. The first kappa shape index (κ1) is 14.5. The summed E-state index contributed by atoms with van der Waals surface area (Å²) in [6.45, 7) is 6.71. The van der Waals surface area contributed by atoms with Gasteiger partial charge in [0.2, 0.25) is 0 Å². The fourth-order valence-corrected chi connectivity index (χ4v) is 2.20. The molecule has 1 aliphatic carbocycles. The number of aliphatic hydroxyl groups excluding tert-OH is 1. The molecule has 19 heavy (non-hydrogen) atoms. The zero-order valence-electron chi connectivity index (χ0n) is 12.0. The van der Waals surface area contributed by atoms with Crippen molar-refractivity contribution in [1.29, 1.82) is 0 Å². The fraction of sp³-hybridized carbons (Fsp3) is 0.625. The number of hydrogen-bond donors (Lipinski definition) is 2. The Balaban J connectivity index is 1.81. The van der Waals surface area contributed by atoms with E-state index in [1.807, 2.05) is 6.07 Å². The first-order valence-corrected chi connectivity index (χ1v) is 7.34. The minimum Gasteiger partial charge on any atom is -0.390 e. The normalized spacial score (nSPS) is 17.1. The molecule has 1 unspecified atom stereocenters. The van der Waals surface area contributed by atoms with E-state index in [9.17, 15) is 5.11 Å². The van der Waals surface area contributed by atoms with E-state index in [1.165, 1.54) is 18.4 Å². The standard InChI is InChI=1S/C16H26N2O/c1-13(2)18(11-14-6-4-3-5-7-14)12-16(19)10-17-15-8-9-15/h3-7,13,15-17,19H,8-12H2,1-2H3. The van der Waals surface area contributed by atoms with Crippen LogP contribution in [0.25, 0.3) is 0 Å². The van der Waals surface area contributed by atoms with Gasteiger partial charge in [-0.05, 0) is 32.3 Å². The second-order valence-corrected chi connectivity index (χ2v) is 5.85. The number of benzene rings is 1. The molecule has 3 heteroatoms. The zero-order valence-corrected chi connectivity index (χ0v) is 12.0. The maximum Gasteiger partial charge on any atom is 0.0791 e. The van der Waals surface area contributed by atoms with Gasteiger partial charge in [-0.15, -0.1) is 0 Å². The minimum absolute atomic E-state index is 0.285. The van der Waals surface area contributed by atoms with Gasteiger partial charge in [0.25, 0.3) is 0 Å². The van der Waals surface area contributed by atoms with Crippen molar-refractivity contribution in [3.63, 3.8) is 0 Å². The predicted octanol–water partition coefficient (Wildman–Crippen LogP) is 2.01. The van der Waals surface area contributed by atoms with Crippen molar-refractivity contribution in [3.05, 3.63) is 35.9 Å². The molecule has 106 valence electrons. The van der Waals surface area contributed by atoms with Gasteiger partial charge in [-0.2, -0.15) is 0 Å². The van der Waals surface area contributed by atoms with Crippen LogP contribution in [0.3, 0.4) is 0 Å². The van der Waals surface area contributed by atoms with Crippen LogP contribution in [-0.2, 0) is 6.54 Å². The van der Waals surface area contributed by atoms with Crippen LogP contribution in [0, 0.1) is 0 Å². The molecule has 0 aliphatic heterocycles. The van der Waals surface area contributed by atoms with E-state index in [1.54, 1.807) is 0 Å². The highest BCUT2D eigenvalue weighted by molar-refractivity contribution is 5.14. The second-order valence-electron chi connectivity index (χ2n) is 5.85. The Morgan fingerprint density at radius 3 is 2.53 bits per heavy atom. The van der Waals surface area contributed by atoms with Crippen molar-refractivity contribution < 1.29 is 5.11 Å². The van der Waals surface area contributed by atoms with Crippen LogP contribution in [0.4, 0.5) is 0 Å². The topological polar surface area (TPSA) is 35.5 Å². The summed E-state index contributed by atoms with van der Waals surface area (Å²) in [6.07, 6.45) is 2.25. The monoisotopic (exact) mass is 262 g/mol. The number of rotatable bonds is 8. The molecule has 0 saturated heterocycles. The highest BCUT2D eigenvalue weighted by Gasteiger charge is 2.22. The first-order valence-electron chi connectivity index (χ1n) is 7.34. The van der Waals surface area contributed by atoms with Crippen LogP contribution < -0.4 is 5.32 Å². The van der Waals surface area contributed by atoms with Gasteiger partial charge in [0, 0.05) is 31.7 Å². The smallest absolute Gasteiger partial charge is 0.0791 e. The maximum atomic E-state index is 10.1. The van der Waals surface area contributed by atoms with Crippen molar-refractivity contribution in [2.24, 2.45) is 0 Å². The summed E-state index contributed by atoms with van der Waals surface area (Å²) in [4.78, 5) is 2.33. The Kier molecular flexibility index (Phi) is 5.37. The van der Waals surface area contributed by atoms with Crippen molar-refractivity contribution >= 4 is 0 Å². The van der Waals surface area contributed by atoms with Gasteiger partial charge >= 0.3 is 0 Å². The van der Waals surface area contributed by atoms with E-state index in [-0.39, 0.29) is 6.10 Å². The average Bonchev–Trinajstić information content (AvgIpc) is 3.21. The molecule has 0 radical (unpaired) electrons. The third-order valence-corrected chi connectivity index (χ3v) is 3.62. The summed E-state index contributed by atoms with van der Waals surface area (Å²) < 4.78 is 0. The summed E-state index contributed by atoms with van der Waals surface area (Å²) in [5, 5.41) is 13.5. The third kappa shape index (κ3) is 5.31. The number of hydrogen-bond acceptors (Lipinski definition) is 3. The lowest BCUT2D eigenvalue weighted by Crippen LogP contribution is -2.41. The van der Waals surface area contributed by atoms with Crippen molar-refractivity contribution in [2.75, 3.05) is 13.1 Å². The molecule has 3 nitrogen and oxygen atoms in total. The fourth-order valence-electron chi connectivity index (χ4n) is 2.20. The SMILES string of the molecule is CC(C)N(Cc1ccccc1)CC(O)CNC1CC1. The molecule has 1 aromatic rings. The van der Waals surface area contributed by atoms with Crippen LogP contribution >= 0.6 is 0 Å². The Bertz CT molecular complexity index is 362. The molecule has 0 spiro atoms. The Morgan fingerprint density at radius 1 is 1.26 bits per heavy atom. The lowest BCUT2D eigenvalue weighted by Gasteiger charge is -2.29. The molecule has 2 N–H and O–H groups in total. The molecular formula is C16H26N2O. The maximum absolute atomic E-state index is 10.1. The molecule has 0 amide bonds. The van der Waals surface area contributed by atoms with E-state index >= 15 is 0 Å². The molecule has 2 rings (SSSR count). The second kappa shape index (κ2) is 7.04. The highest BCUT2D eigenvalue weighted by atomic mass is 16.3. The lowest BCUT2D eigenvalue weighted by atomic mass is 10.1. The van der Waals surface area contributed by atoms with E-state index < -0.39 is 0 Å². The summed E-state index contributed by atoms with van der Waals surface area (Å²) in [7, 11) is 0. The van der Waals surface area contributed by atoms with Crippen LogP contribution in [0.2, 0.25) is 0 Å². The molecule has 0 aromatic heterocycles. The van der Waals surface area contributed by atoms with Crippen molar-refractivity contribution in [1.82, 2.24) is 10.2 Å². The molecule has 0 bridgehead atoms. The van der Waals surface area contributed by atoms with Gasteiger partial charge in [-0.3, -0.25) is 4.90 Å². The van der Waals surface area contributed by atoms with E-state index in [2.05, 4.69) is 48.3 Å². The average molecular weight is 262 g/mol. The molecule has 0 heterocycles. The van der Waals surface area contributed by atoms with E-state index in [0.29, 0.717) is 18.6 Å². The van der Waals surface area contributed by atoms with Crippen LogP contribution in [-0.4, -0.2) is 41.3 Å². The summed E-state index contributed by atoms with van der Waals surface area (Å²) in [6, 6.07) is 11.6. The summed E-state index contributed by atoms with van der Waals surface area (Å²) in [5.74, 6) is 0. The molecular weight excluding hydrogens is 236 g/mol. The van der Waals surface area contributed by atoms with Gasteiger partial charge in [-0.25, -0.2) is 0 Å². The third-order valence-electron chi connectivity index (χ3n) is 3.62. The van der Waals surface area contributed by atoms with Gasteiger partial charge in [-0.1, -0.05) is 30.3 Å². The largest absolute Gasteiger partial charge is 0.390 e. The van der Waals surface area contributed by atoms with E-state index in [0.717, 1.165) is 13.1 Å². The number of nitrogens with one attached hydrogen (secondary N) is 1. The quantitative estimate of drug-likeness (QED) is 0.752. The number of aliphatic hydroxyl groups is 1. The predicted molar refractivity (Wildman–Crippen MR) is 79.0 cm³/mol. The minimum atomic E-state index is -0.285.